The molecule has 1 saturated carbocycles. The molecular formula is C11H16ClN3. The van der Waals surface area contributed by atoms with Crippen LogP contribution in [0.2, 0.25) is 5.28 Å². The van der Waals surface area contributed by atoms with E-state index in [9.17, 15) is 0 Å². The molecule has 0 aromatic carbocycles. The zero-order valence-corrected chi connectivity index (χ0v) is 9.96. The third kappa shape index (κ3) is 2.40. The van der Waals surface area contributed by atoms with Gasteiger partial charge in [-0.2, -0.15) is 0 Å². The summed E-state index contributed by atoms with van der Waals surface area (Å²) in [6.45, 7) is 3.09. The average Bonchev–Trinajstić information content (AvgIpc) is 2.15. The maximum absolute atomic E-state index is 5.80. The van der Waals surface area contributed by atoms with Crippen LogP contribution in [0.3, 0.4) is 0 Å². The van der Waals surface area contributed by atoms with E-state index in [1.54, 1.807) is 6.20 Å². The lowest BCUT2D eigenvalue weighted by molar-refractivity contribution is 0.321. The van der Waals surface area contributed by atoms with Crippen molar-refractivity contribution in [3.63, 3.8) is 0 Å². The van der Waals surface area contributed by atoms with Crippen LogP contribution in [0.25, 0.3) is 0 Å². The minimum absolute atomic E-state index is 0.330. The van der Waals surface area contributed by atoms with E-state index in [-0.39, 0.29) is 0 Å². The Hall–Kier alpha value is -0.830. The molecule has 0 aliphatic heterocycles. The summed E-state index contributed by atoms with van der Waals surface area (Å²) in [6, 6.07) is 0. The Balaban J connectivity index is 2.09. The molecule has 2 rings (SSSR count). The van der Waals surface area contributed by atoms with Gasteiger partial charge in [0.1, 0.15) is 5.82 Å². The summed E-state index contributed by atoms with van der Waals surface area (Å²) in [5.74, 6) is 1.80. The van der Waals surface area contributed by atoms with Crippen LogP contribution in [-0.4, -0.2) is 23.6 Å². The van der Waals surface area contributed by atoms with Crippen LogP contribution >= 0.6 is 11.6 Å². The van der Waals surface area contributed by atoms with E-state index in [1.165, 1.54) is 19.3 Å². The Morgan fingerprint density at radius 2 is 2.27 bits per heavy atom. The predicted molar refractivity (Wildman–Crippen MR) is 62.4 cm³/mol. The quantitative estimate of drug-likeness (QED) is 0.741. The topological polar surface area (TPSA) is 29.0 Å². The SMILES string of the molecule is Cc1cnc(Cl)nc1N(C)CC1CCC1. The van der Waals surface area contributed by atoms with E-state index < -0.39 is 0 Å². The molecule has 82 valence electrons. The van der Waals surface area contributed by atoms with Gasteiger partial charge in [-0.25, -0.2) is 9.97 Å². The van der Waals surface area contributed by atoms with Crippen LogP contribution in [0.5, 0.6) is 0 Å². The number of hydrogen-bond acceptors (Lipinski definition) is 3. The number of aromatic nitrogens is 2. The van der Waals surface area contributed by atoms with Gasteiger partial charge in [-0.3, -0.25) is 0 Å². The average molecular weight is 226 g/mol. The molecule has 0 radical (unpaired) electrons. The van der Waals surface area contributed by atoms with Gasteiger partial charge >= 0.3 is 0 Å². The molecule has 3 nitrogen and oxygen atoms in total. The molecule has 0 spiro atoms. The molecule has 1 fully saturated rings. The van der Waals surface area contributed by atoms with Gasteiger partial charge in [-0.1, -0.05) is 6.42 Å². The first-order chi connectivity index (χ1) is 7.16. The zero-order valence-electron chi connectivity index (χ0n) is 9.20. The number of nitrogens with zero attached hydrogens (tertiary/aromatic N) is 3. The van der Waals surface area contributed by atoms with E-state index in [2.05, 4.69) is 21.9 Å². The third-order valence-corrected chi connectivity index (χ3v) is 3.22. The lowest BCUT2D eigenvalue weighted by Crippen LogP contribution is -2.30. The fourth-order valence-corrected chi connectivity index (χ4v) is 2.08. The molecule has 1 aromatic rings. The highest BCUT2D eigenvalue weighted by Crippen LogP contribution is 2.28. The largest absolute Gasteiger partial charge is 0.359 e. The van der Waals surface area contributed by atoms with Crippen LogP contribution in [0.15, 0.2) is 6.20 Å². The summed E-state index contributed by atoms with van der Waals surface area (Å²) in [5, 5.41) is 0.330. The van der Waals surface area contributed by atoms with Crippen LogP contribution in [0.1, 0.15) is 24.8 Å². The minimum atomic E-state index is 0.330. The van der Waals surface area contributed by atoms with Crippen molar-refractivity contribution in [1.82, 2.24) is 9.97 Å². The van der Waals surface area contributed by atoms with Crippen LogP contribution in [0, 0.1) is 12.8 Å². The van der Waals surface area contributed by atoms with Gasteiger partial charge in [0.05, 0.1) is 0 Å². The Kier molecular flexibility index (Phi) is 3.10. The smallest absolute Gasteiger partial charge is 0.224 e. The second kappa shape index (κ2) is 4.35. The molecule has 4 heteroatoms. The molecule has 0 bridgehead atoms. The highest BCUT2D eigenvalue weighted by atomic mass is 35.5. The van der Waals surface area contributed by atoms with E-state index in [0.717, 1.165) is 23.8 Å². The van der Waals surface area contributed by atoms with Gasteiger partial charge in [0.2, 0.25) is 5.28 Å². The number of halogens is 1. The molecule has 1 heterocycles. The van der Waals surface area contributed by atoms with Crippen molar-refractivity contribution in [1.29, 1.82) is 0 Å². The lowest BCUT2D eigenvalue weighted by atomic mass is 9.85. The summed E-state index contributed by atoms with van der Waals surface area (Å²) < 4.78 is 0. The predicted octanol–water partition coefficient (Wildman–Crippen LogP) is 2.67. The highest BCUT2D eigenvalue weighted by molar-refractivity contribution is 6.28. The fourth-order valence-electron chi connectivity index (χ4n) is 1.95. The lowest BCUT2D eigenvalue weighted by Gasteiger charge is -2.31. The van der Waals surface area contributed by atoms with Crippen molar-refractivity contribution in [2.24, 2.45) is 5.92 Å². The van der Waals surface area contributed by atoms with Gasteiger partial charge < -0.3 is 4.90 Å². The van der Waals surface area contributed by atoms with E-state index in [4.69, 9.17) is 11.6 Å². The molecular weight excluding hydrogens is 210 g/mol. The van der Waals surface area contributed by atoms with Crippen LogP contribution < -0.4 is 4.90 Å². The third-order valence-electron chi connectivity index (χ3n) is 3.03. The molecule has 1 aliphatic rings. The zero-order chi connectivity index (χ0) is 10.8. The minimum Gasteiger partial charge on any atom is -0.359 e. The van der Waals surface area contributed by atoms with Crippen LogP contribution in [-0.2, 0) is 0 Å². The molecule has 0 N–H and O–H groups in total. The summed E-state index contributed by atoms with van der Waals surface area (Å²) in [5.41, 5.74) is 1.08. The molecule has 1 aliphatic carbocycles. The fraction of sp³-hybridized carbons (Fsp3) is 0.636. The summed E-state index contributed by atoms with van der Waals surface area (Å²) in [4.78, 5) is 10.4. The first kappa shape index (κ1) is 10.7. The van der Waals surface area contributed by atoms with Gasteiger partial charge in [0.15, 0.2) is 0 Å². The van der Waals surface area contributed by atoms with Gasteiger partial charge in [0.25, 0.3) is 0 Å². The number of aryl methyl sites for hydroxylation is 1. The maximum Gasteiger partial charge on any atom is 0.224 e. The standard InChI is InChI=1S/C11H16ClN3/c1-8-6-13-11(12)14-10(8)15(2)7-9-4-3-5-9/h6,9H,3-5,7H2,1-2H3. The molecule has 0 saturated heterocycles. The van der Waals surface area contributed by atoms with Gasteiger partial charge in [-0.15, -0.1) is 0 Å². The van der Waals surface area contributed by atoms with Crippen molar-refractivity contribution >= 4 is 17.4 Å². The Labute approximate surface area is 95.5 Å². The van der Waals surface area contributed by atoms with Crippen LogP contribution in [0.4, 0.5) is 5.82 Å². The molecule has 1 aromatic heterocycles. The second-order valence-electron chi connectivity index (χ2n) is 4.32. The van der Waals surface area contributed by atoms with Crippen molar-refractivity contribution in [2.75, 3.05) is 18.5 Å². The Morgan fingerprint density at radius 3 is 2.87 bits per heavy atom. The monoisotopic (exact) mass is 225 g/mol. The van der Waals surface area contributed by atoms with Crippen molar-refractivity contribution in [3.8, 4) is 0 Å². The first-order valence-corrected chi connectivity index (χ1v) is 5.75. The molecule has 0 unspecified atom stereocenters. The van der Waals surface area contributed by atoms with Gasteiger partial charge in [-0.05, 0) is 37.3 Å². The second-order valence-corrected chi connectivity index (χ2v) is 4.66. The highest BCUT2D eigenvalue weighted by Gasteiger charge is 2.20. The number of hydrogen-bond donors (Lipinski definition) is 0. The summed E-state index contributed by atoms with van der Waals surface area (Å²) in [7, 11) is 2.07. The molecule has 0 atom stereocenters. The number of rotatable bonds is 3. The van der Waals surface area contributed by atoms with Crippen molar-refractivity contribution in [3.05, 3.63) is 17.0 Å². The summed E-state index contributed by atoms with van der Waals surface area (Å²) >= 11 is 5.80. The van der Waals surface area contributed by atoms with E-state index in [0.29, 0.717) is 5.28 Å². The Bertz CT molecular complexity index is 350. The number of anilines is 1. The van der Waals surface area contributed by atoms with E-state index in [1.807, 2.05) is 6.92 Å². The van der Waals surface area contributed by atoms with Crippen molar-refractivity contribution < 1.29 is 0 Å². The molecule has 0 amide bonds. The normalized spacial score (nSPS) is 16.2. The Morgan fingerprint density at radius 1 is 1.53 bits per heavy atom. The molecule has 15 heavy (non-hydrogen) atoms. The van der Waals surface area contributed by atoms with Gasteiger partial charge in [0, 0.05) is 25.4 Å². The van der Waals surface area contributed by atoms with E-state index >= 15 is 0 Å². The first-order valence-electron chi connectivity index (χ1n) is 5.37. The van der Waals surface area contributed by atoms with Crippen molar-refractivity contribution in [2.45, 2.75) is 26.2 Å². The maximum atomic E-state index is 5.80. The summed E-state index contributed by atoms with van der Waals surface area (Å²) in [6.07, 6.45) is 5.86.